The van der Waals surface area contributed by atoms with E-state index < -0.39 is 0 Å². The topological polar surface area (TPSA) is 38.3 Å². The minimum Gasteiger partial charge on any atom is -0.374 e. The molecule has 0 heterocycles. The van der Waals surface area contributed by atoms with Crippen molar-refractivity contribution in [2.24, 2.45) is 0 Å². The van der Waals surface area contributed by atoms with E-state index in [2.05, 4.69) is 31.3 Å². The molecule has 0 bridgehead atoms. The molecule has 1 aromatic rings. The van der Waals surface area contributed by atoms with Gasteiger partial charge in [-0.2, -0.15) is 0 Å². The molecule has 20 heavy (non-hydrogen) atoms. The molecule has 0 saturated heterocycles. The molecule has 0 aliphatic carbocycles. The Morgan fingerprint density at radius 2 is 1.95 bits per heavy atom. The number of hydrogen-bond acceptors (Lipinski definition) is 2. The van der Waals surface area contributed by atoms with Gasteiger partial charge in [0.05, 0.1) is 6.10 Å². The molecule has 0 saturated carbocycles. The molecule has 1 rings (SSSR count). The van der Waals surface area contributed by atoms with Crippen molar-refractivity contribution in [3.05, 3.63) is 35.9 Å². The van der Waals surface area contributed by atoms with Gasteiger partial charge in [0.1, 0.15) is 0 Å². The third kappa shape index (κ3) is 7.29. The van der Waals surface area contributed by atoms with E-state index in [1.54, 1.807) is 0 Å². The summed E-state index contributed by atoms with van der Waals surface area (Å²) in [5.41, 5.74) is 1.19. The molecule has 1 aromatic carbocycles. The Balaban J connectivity index is 2.03. The van der Waals surface area contributed by atoms with Crippen LogP contribution in [0.4, 0.5) is 0 Å². The molecule has 0 aromatic heterocycles. The van der Waals surface area contributed by atoms with Gasteiger partial charge in [0.2, 0.25) is 5.91 Å². The van der Waals surface area contributed by atoms with Crippen LogP contribution < -0.4 is 5.32 Å². The van der Waals surface area contributed by atoms with Gasteiger partial charge >= 0.3 is 0 Å². The summed E-state index contributed by atoms with van der Waals surface area (Å²) in [7, 11) is 0. The van der Waals surface area contributed by atoms with Crippen LogP contribution in [0.15, 0.2) is 30.3 Å². The highest BCUT2D eigenvalue weighted by Gasteiger charge is 2.04. The summed E-state index contributed by atoms with van der Waals surface area (Å²) in [6, 6.07) is 10.2. The molecule has 112 valence electrons. The fourth-order valence-electron chi connectivity index (χ4n) is 2.00. The average Bonchev–Trinajstić information content (AvgIpc) is 2.48. The standard InChI is InChI=1S/C17H27NO2/c1-3-4-6-12-17(19)18-13-9-14-20-15(2)16-10-7-5-8-11-16/h5,7-8,10-11,15H,3-4,6,9,12-14H2,1-2H3,(H,18,19). The van der Waals surface area contributed by atoms with Crippen LogP contribution in [0.5, 0.6) is 0 Å². The Kier molecular flexibility index (Phi) is 8.72. The molecule has 0 aliphatic heterocycles. The molecule has 1 unspecified atom stereocenters. The normalized spacial score (nSPS) is 12.1. The van der Waals surface area contributed by atoms with E-state index in [0.29, 0.717) is 19.6 Å². The summed E-state index contributed by atoms with van der Waals surface area (Å²) in [5.74, 6) is 0.162. The van der Waals surface area contributed by atoms with Crippen molar-refractivity contribution in [1.82, 2.24) is 5.32 Å². The highest BCUT2D eigenvalue weighted by Crippen LogP contribution is 2.15. The first-order chi connectivity index (χ1) is 9.74. The molecule has 1 N–H and O–H groups in total. The second-order valence-corrected chi connectivity index (χ2v) is 5.08. The van der Waals surface area contributed by atoms with Crippen LogP contribution in [0, 0.1) is 0 Å². The van der Waals surface area contributed by atoms with E-state index >= 15 is 0 Å². The molecule has 1 amide bonds. The van der Waals surface area contributed by atoms with Crippen LogP contribution >= 0.6 is 0 Å². The Morgan fingerprint density at radius 3 is 2.65 bits per heavy atom. The van der Waals surface area contributed by atoms with Gasteiger partial charge in [-0.3, -0.25) is 4.79 Å². The zero-order chi connectivity index (χ0) is 14.6. The maximum absolute atomic E-state index is 11.5. The lowest BCUT2D eigenvalue weighted by molar-refractivity contribution is -0.121. The number of amides is 1. The van der Waals surface area contributed by atoms with Gasteiger partial charge < -0.3 is 10.1 Å². The van der Waals surface area contributed by atoms with E-state index in [0.717, 1.165) is 25.7 Å². The van der Waals surface area contributed by atoms with Gasteiger partial charge in [0, 0.05) is 19.6 Å². The molecule has 1 atom stereocenters. The number of carbonyl (C=O) groups is 1. The smallest absolute Gasteiger partial charge is 0.219 e. The second-order valence-electron chi connectivity index (χ2n) is 5.08. The summed E-state index contributed by atoms with van der Waals surface area (Å²) in [4.78, 5) is 11.5. The predicted molar refractivity (Wildman–Crippen MR) is 82.6 cm³/mol. The molecule has 3 nitrogen and oxygen atoms in total. The van der Waals surface area contributed by atoms with Crippen LogP contribution in [0.3, 0.4) is 0 Å². The third-order valence-corrected chi connectivity index (χ3v) is 3.29. The first-order valence-corrected chi connectivity index (χ1v) is 7.67. The summed E-state index contributed by atoms with van der Waals surface area (Å²) >= 11 is 0. The van der Waals surface area contributed by atoms with Crippen molar-refractivity contribution in [1.29, 1.82) is 0 Å². The maximum atomic E-state index is 11.5. The number of rotatable bonds is 10. The van der Waals surface area contributed by atoms with Crippen LogP contribution in [-0.2, 0) is 9.53 Å². The Bertz CT molecular complexity index is 365. The van der Waals surface area contributed by atoms with Gasteiger partial charge in [-0.25, -0.2) is 0 Å². The summed E-state index contributed by atoms with van der Waals surface area (Å²) in [5, 5.41) is 2.94. The second kappa shape index (κ2) is 10.4. The summed E-state index contributed by atoms with van der Waals surface area (Å²) < 4.78 is 5.76. The number of hydrogen-bond donors (Lipinski definition) is 1. The summed E-state index contributed by atoms with van der Waals surface area (Å²) in [6.45, 7) is 5.57. The lowest BCUT2D eigenvalue weighted by atomic mass is 10.1. The first-order valence-electron chi connectivity index (χ1n) is 7.67. The monoisotopic (exact) mass is 277 g/mol. The van der Waals surface area contributed by atoms with Crippen molar-refractivity contribution in [2.45, 2.75) is 52.1 Å². The Labute approximate surface area is 122 Å². The molecule has 0 radical (unpaired) electrons. The Hall–Kier alpha value is -1.35. The third-order valence-electron chi connectivity index (χ3n) is 3.29. The van der Waals surface area contributed by atoms with Crippen LogP contribution in [0.1, 0.15) is 57.6 Å². The molecule has 0 fully saturated rings. The Morgan fingerprint density at radius 1 is 1.20 bits per heavy atom. The number of benzene rings is 1. The molecular weight excluding hydrogens is 250 g/mol. The molecular formula is C17H27NO2. The van der Waals surface area contributed by atoms with Crippen LogP contribution in [0.2, 0.25) is 0 Å². The van der Waals surface area contributed by atoms with Gasteiger partial charge in [0.15, 0.2) is 0 Å². The van der Waals surface area contributed by atoms with E-state index in [9.17, 15) is 4.79 Å². The highest BCUT2D eigenvalue weighted by molar-refractivity contribution is 5.75. The van der Waals surface area contributed by atoms with Gasteiger partial charge in [-0.15, -0.1) is 0 Å². The van der Waals surface area contributed by atoms with Crippen LogP contribution in [-0.4, -0.2) is 19.1 Å². The zero-order valence-corrected chi connectivity index (χ0v) is 12.7. The zero-order valence-electron chi connectivity index (χ0n) is 12.7. The fraction of sp³-hybridized carbons (Fsp3) is 0.588. The number of ether oxygens (including phenoxy) is 1. The van der Waals surface area contributed by atoms with E-state index in [1.165, 1.54) is 5.56 Å². The minimum atomic E-state index is 0.108. The van der Waals surface area contributed by atoms with E-state index in [-0.39, 0.29) is 12.0 Å². The van der Waals surface area contributed by atoms with Crippen molar-refractivity contribution in [3.8, 4) is 0 Å². The average molecular weight is 277 g/mol. The van der Waals surface area contributed by atoms with Gasteiger partial charge in [-0.1, -0.05) is 50.1 Å². The molecule has 0 aliphatic rings. The SMILES string of the molecule is CCCCCC(=O)NCCCOC(C)c1ccccc1. The summed E-state index contributed by atoms with van der Waals surface area (Å²) in [6.07, 6.45) is 4.88. The van der Waals surface area contributed by atoms with Gasteiger partial charge in [0.25, 0.3) is 0 Å². The van der Waals surface area contributed by atoms with Crippen LogP contribution in [0.25, 0.3) is 0 Å². The predicted octanol–water partition coefficient (Wildman–Crippen LogP) is 3.85. The number of nitrogens with one attached hydrogen (secondary N) is 1. The number of unbranched alkanes of at least 4 members (excludes halogenated alkanes) is 2. The molecule has 3 heteroatoms. The maximum Gasteiger partial charge on any atom is 0.219 e. The lowest BCUT2D eigenvalue weighted by Crippen LogP contribution is -2.25. The van der Waals surface area contributed by atoms with E-state index in [1.807, 2.05) is 18.2 Å². The van der Waals surface area contributed by atoms with Gasteiger partial charge in [-0.05, 0) is 25.3 Å². The van der Waals surface area contributed by atoms with Crippen molar-refractivity contribution < 1.29 is 9.53 Å². The van der Waals surface area contributed by atoms with E-state index in [4.69, 9.17) is 4.74 Å². The lowest BCUT2D eigenvalue weighted by Gasteiger charge is -2.13. The molecule has 0 spiro atoms. The minimum absolute atomic E-state index is 0.108. The fourth-order valence-corrected chi connectivity index (χ4v) is 2.00. The van der Waals surface area contributed by atoms with Crippen molar-refractivity contribution in [3.63, 3.8) is 0 Å². The largest absolute Gasteiger partial charge is 0.374 e. The van der Waals surface area contributed by atoms with Crippen molar-refractivity contribution >= 4 is 5.91 Å². The first kappa shape index (κ1) is 16.7. The quantitative estimate of drug-likeness (QED) is 0.660. The number of carbonyl (C=O) groups excluding carboxylic acids is 1. The van der Waals surface area contributed by atoms with Crippen molar-refractivity contribution in [2.75, 3.05) is 13.2 Å². The highest BCUT2D eigenvalue weighted by atomic mass is 16.5.